The number of hydrogen-bond acceptors (Lipinski definition) is 3. The summed E-state index contributed by atoms with van der Waals surface area (Å²) in [6, 6.07) is 12.7. The summed E-state index contributed by atoms with van der Waals surface area (Å²) >= 11 is 6.38. The number of rotatable bonds is 4. The van der Waals surface area contributed by atoms with Crippen LogP contribution in [0.5, 0.6) is 5.75 Å². The molecule has 1 N–H and O–H groups in total. The van der Waals surface area contributed by atoms with Gasteiger partial charge in [-0.2, -0.15) is 0 Å². The van der Waals surface area contributed by atoms with E-state index < -0.39 is 0 Å². The highest BCUT2D eigenvalue weighted by Crippen LogP contribution is 2.33. The van der Waals surface area contributed by atoms with Crippen LogP contribution in [0.4, 0.5) is 5.69 Å². The molecule has 1 unspecified atom stereocenters. The molecule has 1 heterocycles. The summed E-state index contributed by atoms with van der Waals surface area (Å²) < 4.78 is 5.71. The van der Waals surface area contributed by atoms with Gasteiger partial charge >= 0.3 is 0 Å². The monoisotopic (exact) mass is 402 g/mol. The maximum atomic E-state index is 6.38. The summed E-state index contributed by atoms with van der Waals surface area (Å²) in [5.74, 6) is 0.723. The molecule has 0 fully saturated rings. The van der Waals surface area contributed by atoms with Crippen molar-refractivity contribution in [3.05, 3.63) is 59.3 Å². The Kier molecular flexibility index (Phi) is 10.1. The Balaban J connectivity index is 0.000000921. The molecule has 2 aromatic rings. The maximum Gasteiger partial charge on any atom is 0.138 e. The zero-order valence-electron chi connectivity index (χ0n) is 18.5. The quantitative estimate of drug-likeness (QED) is 0.577. The molecule has 3 rings (SSSR count). The van der Waals surface area contributed by atoms with Gasteiger partial charge in [0.05, 0.1) is 16.8 Å². The van der Waals surface area contributed by atoms with Gasteiger partial charge in [0.2, 0.25) is 0 Å². The van der Waals surface area contributed by atoms with Crippen molar-refractivity contribution in [1.29, 1.82) is 0 Å². The van der Waals surface area contributed by atoms with E-state index in [0.29, 0.717) is 11.1 Å². The van der Waals surface area contributed by atoms with E-state index in [1.807, 2.05) is 59.7 Å². The van der Waals surface area contributed by atoms with Crippen LogP contribution >= 0.6 is 11.6 Å². The smallest absolute Gasteiger partial charge is 0.138 e. The Labute approximate surface area is 176 Å². The van der Waals surface area contributed by atoms with Gasteiger partial charge in [0.15, 0.2) is 0 Å². The summed E-state index contributed by atoms with van der Waals surface area (Å²) in [5.41, 5.74) is 7.98. The molecule has 0 saturated heterocycles. The zero-order chi connectivity index (χ0) is 21.3. The minimum Gasteiger partial charge on any atom is -0.489 e. The van der Waals surface area contributed by atoms with Gasteiger partial charge in [0.1, 0.15) is 5.75 Å². The molecule has 154 valence electrons. The first-order chi connectivity index (χ1) is 13.4. The third kappa shape index (κ3) is 6.29. The van der Waals surface area contributed by atoms with Crippen LogP contribution in [0.1, 0.15) is 54.0 Å². The Morgan fingerprint density at radius 3 is 2.14 bits per heavy atom. The van der Waals surface area contributed by atoms with Crippen LogP contribution in [0.15, 0.2) is 48.7 Å². The first-order valence-electron chi connectivity index (χ1n) is 10.2. The first-order valence-corrected chi connectivity index (χ1v) is 10.6. The molecule has 28 heavy (non-hydrogen) atoms. The molecule has 0 amide bonds. The Morgan fingerprint density at radius 1 is 1.00 bits per heavy atom. The van der Waals surface area contributed by atoms with Gasteiger partial charge in [-0.25, -0.2) is 5.43 Å². The SMILES string of the molecule is CC.CC.Cc1ccc(-c2ccc(OC(C)C)c(Cl)c2)cc1N1C=CC(C)N1. The molecule has 2 aromatic carbocycles. The van der Waals surface area contributed by atoms with Crippen molar-refractivity contribution in [2.75, 3.05) is 5.01 Å². The molecule has 0 aromatic heterocycles. The molecule has 1 aliphatic heterocycles. The lowest BCUT2D eigenvalue weighted by molar-refractivity contribution is 0.242. The fraction of sp³-hybridized carbons (Fsp3) is 0.417. The van der Waals surface area contributed by atoms with Crippen LogP contribution in [0, 0.1) is 6.92 Å². The molecule has 0 radical (unpaired) electrons. The van der Waals surface area contributed by atoms with Crippen LogP contribution in [-0.2, 0) is 0 Å². The van der Waals surface area contributed by atoms with Crippen molar-refractivity contribution in [3.8, 4) is 16.9 Å². The van der Waals surface area contributed by atoms with Crippen LogP contribution in [0.2, 0.25) is 5.02 Å². The van der Waals surface area contributed by atoms with Crippen LogP contribution < -0.4 is 15.2 Å². The molecule has 4 heteroatoms. The largest absolute Gasteiger partial charge is 0.489 e. The molecule has 1 atom stereocenters. The average molecular weight is 403 g/mol. The summed E-state index contributed by atoms with van der Waals surface area (Å²) in [6.07, 6.45) is 4.32. The van der Waals surface area contributed by atoms with E-state index in [1.54, 1.807) is 0 Å². The average Bonchev–Trinajstić information content (AvgIpc) is 3.13. The number of nitrogens with zero attached hydrogens (tertiary/aromatic N) is 1. The van der Waals surface area contributed by atoms with E-state index in [2.05, 4.69) is 54.8 Å². The lowest BCUT2D eigenvalue weighted by atomic mass is 10.0. The van der Waals surface area contributed by atoms with Crippen molar-refractivity contribution >= 4 is 17.3 Å². The highest BCUT2D eigenvalue weighted by molar-refractivity contribution is 6.32. The van der Waals surface area contributed by atoms with Crippen molar-refractivity contribution in [2.45, 2.75) is 67.5 Å². The standard InChI is InChI=1S/C20H23ClN2O.2C2H6/c1-13(2)24-20-8-7-16(11-18(20)21)17-6-5-14(3)19(12-17)23-10-9-15(4)22-23;2*1-2/h5-13,15,22H,1-4H3;2*1-2H3. The van der Waals surface area contributed by atoms with E-state index in [9.17, 15) is 0 Å². The van der Waals surface area contributed by atoms with Crippen molar-refractivity contribution < 1.29 is 4.74 Å². The number of ether oxygens (including phenoxy) is 1. The molecule has 0 aliphatic carbocycles. The third-order valence-electron chi connectivity index (χ3n) is 3.96. The van der Waals surface area contributed by atoms with E-state index in [0.717, 1.165) is 22.6 Å². The molecular weight excluding hydrogens is 368 g/mol. The summed E-state index contributed by atoms with van der Waals surface area (Å²) in [4.78, 5) is 0. The summed E-state index contributed by atoms with van der Waals surface area (Å²) in [5, 5.41) is 2.71. The number of benzene rings is 2. The molecular formula is C24H35ClN2O. The van der Waals surface area contributed by atoms with Gasteiger partial charge in [-0.3, -0.25) is 5.01 Å². The van der Waals surface area contributed by atoms with Gasteiger partial charge in [-0.1, -0.05) is 57.5 Å². The third-order valence-corrected chi connectivity index (χ3v) is 4.26. The van der Waals surface area contributed by atoms with Gasteiger partial charge in [0.25, 0.3) is 0 Å². The number of anilines is 1. The first kappa shape index (κ1) is 24.1. The van der Waals surface area contributed by atoms with Gasteiger partial charge in [0, 0.05) is 12.2 Å². The Morgan fingerprint density at radius 2 is 1.61 bits per heavy atom. The van der Waals surface area contributed by atoms with Crippen molar-refractivity contribution in [1.82, 2.24) is 5.43 Å². The maximum absolute atomic E-state index is 6.38. The Bertz CT molecular complexity index is 771. The second-order valence-electron chi connectivity index (χ2n) is 6.44. The van der Waals surface area contributed by atoms with E-state index >= 15 is 0 Å². The molecule has 0 saturated carbocycles. The highest BCUT2D eigenvalue weighted by atomic mass is 35.5. The van der Waals surface area contributed by atoms with Crippen molar-refractivity contribution in [2.24, 2.45) is 0 Å². The van der Waals surface area contributed by atoms with E-state index in [1.165, 1.54) is 5.56 Å². The van der Waals surface area contributed by atoms with E-state index in [-0.39, 0.29) is 6.10 Å². The van der Waals surface area contributed by atoms with Gasteiger partial charge in [-0.05, 0) is 68.7 Å². The zero-order valence-corrected chi connectivity index (χ0v) is 19.3. The number of aryl methyl sites for hydroxylation is 1. The second kappa shape index (κ2) is 11.8. The topological polar surface area (TPSA) is 24.5 Å². The van der Waals surface area contributed by atoms with Crippen molar-refractivity contribution in [3.63, 3.8) is 0 Å². The molecule has 0 spiro atoms. The van der Waals surface area contributed by atoms with Gasteiger partial charge in [-0.15, -0.1) is 0 Å². The molecule has 0 bridgehead atoms. The normalized spacial score (nSPS) is 14.9. The van der Waals surface area contributed by atoms with Crippen LogP contribution in [0.3, 0.4) is 0 Å². The number of hydrogen-bond donors (Lipinski definition) is 1. The lowest BCUT2D eigenvalue weighted by Crippen LogP contribution is -2.33. The summed E-state index contributed by atoms with van der Waals surface area (Å²) in [6.45, 7) is 16.2. The van der Waals surface area contributed by atoms with Gasteiger partial charge < -0.3 is 4.74 Å². The molecule has 1 aliphatic rings. The highest BCUT2D eigenvalue weighted by Gasteiger charge is 2.15. The predicted molar refractivity (Wildman–Crippen MR) is 124 cm³/mol. The van der Waals surface area contributed by atoms with Crippen LogP contribution in [0.25, 0.3) is 11.1 Å². The number of hydrazine groups is 1. The number of nitrogens with one attached hydrogen (secondary N) is 1. The fourth-order valence-corrected chi connectivity index (χ4v) is 2.97. The van der Waals surface area contributed by atoms with Crippen LogP contribution in [-0.4, -0.2) is 12.1 Å². The fourth-order valence-electron chi connectivity index (χ4n) is 2.75. The minimum absolute atomic E-state index is 0.106. The lowest BCUT2D eigenvalue weighted by Gasteiger charge is -2.21. The Hall–Kier alpha value is -1.97. The second-order valence-corrected chi connectivity index (χ2v) is 6.85. The minimum atomic E-state index is 0.106. The van der Waals surface area contributed by atoms with E-state index in [4.69, 9.17) is 16.3 Å². The summed E-state index contributed by atoms with van der Waals surface area (Å²) in [7, 11) is 0. The number of halogens is 1. The predicted octanol–water partition coefficient (Wildman–Crippen LogP) is 7.38. The molecule has 3 nitrogen and oxygen atoms in total.